The highest BCUT2D eigenvalue weighted by Gasteiger charge is 2.11. The van der Waals surface area contributed by atoms with Gasteiger partial charge in [0, 0.05) is 0 Å². The topological polar surface area (TPSA) is 30.2 Å². The molecule has 0 aliphatic carbocycles. The molecule has 0 N–H and O–H groups in total. The van der Waals surface area contributed by atoms with Crippen molar-refractivity contribution in [1.29, 1.82) is 0 Å². The van der Waals surface area contributed by atoms with E-state index in [1.54, 1.807) is 13.0 Å². The van der Waals surface area contributed by atoms with Gasteiger partial charge in [-0.25, -0.2) is 0 Å². The first-order chi connectivity index (χ1) is 5.15. The van der Waals surface area contributed by atoms with Crippen molar-refractivity contribution >= 4 is 21.7 Å². The van der Waals surface area contributed by atoms with E-state index in [-0.39, 0.29) is 5.78 Å². The predicted octanol–water partition coefficient (Wildman–Crippen LogP) is 2.47. The fraction of sp³-hybridized carbons (Fsp3) is 0.375. The smallest absolute Gasteiger partial charge is 0.176 e. The minimum absolute atomic E-state index is 0.0688. The Balaban J connectivity index is 3.03. The van der Waals surface area contributed by atoms with Gasteiger partial charge in [0.25, 0.3) is 0 Å². The molecule has 0 saturated carbocycles. The van der Waals surface area contributed by atoms with Gasteiger partial charge in [-0.1, -0.05) is 15.9 Å². The van der Waals surface area contributed by atoms with Gasteiger partial charge in [0.2, 0.25) is 0 Å². The molecule has 0 unspecified atom stereocenters. The van der Waals surface area contributed by atoms with Crippen molar-refractivity contribution in [2.45, 2.75) is 13.8 Å². The molecule has 3 heteroatoms. The second kappa shape index (κ2) is 3.22. The van der Waals surface area contributed by atoms with Crippen LogP contribution in [0.5, 0.6) is 0 Å². The van der Waals surface area contributed by atoms with E-state index >= 15 is 0 Å². The summed E-state index contributed by atoms with van der Waals surface area (Å²) < 4.78 is 5.20. The molecule has 0 aliphatic heterocycles. The van der Waals surface area contributed by atoms with Crippen LogP contribution in [0.2, 0.25) is 0 Å². The summed E-state index contributed by atoms with van der Waals surface area (Å²) in [7, 11) is 0. The Labute approximate surface area is 73.7 Å². The summed E-state index contributed by atoms with van der Waals surface area (Å²) in [6.07, 6.45) is 0. The first kappa shape index (κ1) is 8.53. The van der Waals surface area contributed by atoms with Crippen LogP contribution in [0.3, 0.4) is 0 Å². The standard InChI is InChI=1S/C8H9BrO2/c1-5-3-7(6(2)11-5)8(10)4-9/h3H,4H2,1-2H3. The number of hydrogen-bond donors (Lipinski definition) is 0. The van der Waals surface area contributed by atoms with Crippen molar-refractivity contribution < 1.29 is 9.21 Å². The van der Waals surface area contributed by atoms with Gasteiger partial charge >= 0.3 is 0 Å². The summed E-state index contributed by atoms with van der Waals surface area (Å²) in [4.78, 5) is 11.1. The number of aryl methyl sites for hydroxylation is 2. The summed E-state index contributed by atoms with van der Waals surface area (Å²) in [5, 5.41) is 0.354. The van der Waals surface area contributed by atoms with E-state index < -0.39 is 0 Å². The molecule has 0 amide bonds. The lowest BCUT2D eigenvalue weighted by Gasteiger charge is -1.90. The molecule has 2 nitrogen and oxygen atoms in total. The molecule has 0 atom stereocenters. The molecular formula is C8H9BrO2. The molecule has 0 saturated heterocycles. The van der Waals surface area contributed by atoms with Crippen LogP contribution in [0.4, 0.5) is 0 Å². The predicted molar refractivity (Wildman–Crippen MR) is 46.3 cm³/mol. The zero-order chi connectivity index (χ0) is 8.43. The summed E-state index contributed by atoms with van der Waals surface area (Å²) in [6.45, 7) is 3.63. The number of ketones is 1. The van der Waals surface area contributed by atoms with Crippen LogP contribution in [0.1, 0.15) is 21.9 Å². The third-order valence-electron chi connectivity index (χ3n) is 1.46. The van der Waals surface area contributed by atoms with Crippen LogP contribution in [-0.4, -0.2) is 11.1 Å². The lowest BCUT2D eigenvalue weighted by molar-refractivity contribution is 0.102. The first-order valence-electron chi connectivity index (χ1n) is 3.31. The maximum absolute atomic E-state index is 11.1. The van der Waals surface area contributed by atoms with Crippen LogP contribution >= 0.6 is 15.9 Å². The molecule has 11 heavy (non-hydrogen) atoms. The molecular weight excluding hydrogens is 208 g/mol. The van der Waals surface area contributed by atoms with Crippen molar-refractivity contribution in [1.82, 2.24) is 0 Å². The quantitative estimate of drug-likeness (QED) is 0.562. The number of furan rings is 1. The van der Waals surface area contributed by atoms with E-state index in [2.05, 4.69) is 15.9 Å². The lowest BCUT2D eigenvalue weighted by Crippen LogP contribution is -1.99. The molecule has 1 heterocycles. The van der Waals surface area contributed by atoms with Crippen LogP contribution in [-0.2, 0) is 0 Å². The number of alkyl halides is 1. The Kier molecular flexibility index (Phi) is 2.49. The van der Waals surface area contributed by atoms with Gasteiger partial charge in [-0.2, -0.15) is 0 Å². The molecule has 0 aromatic carbocycles. The number of carbonyl (C=O) groups excluding carboxylic acids is 1. The summed E-state index contributed by atoms with van der Waals surface area (Å²) >= 11 is 3.10. The largest absolute Gasteiger partial charge is 0.466 e. The van der Waals surface area contributed by atoms with Gasteiger partial charge in [0.05, 0.1) is 10.9 Å². The second-order valence-electron chi connectivity index (χ2n) is 2.38. The zero-order valence-corrected chi connectivity index (χ0v) is 8.06. The average molecular weight is 217 g/mol. The highest BCUT2D eigenvalue weighted by Crippen LogP contribution is 2.14. The molecule has 0 spiro atoms. The maximum atomic E-state index is 11.1. The monoisotopic (exact) mass is 216 g/mol. The molecule has 1 rings (SSSR count). The SMILES string of the molecule is Cc1cc(C(=O)CBr)c(C)o1. The minimum atomic E-state index is 0.0688. The van der Waals surface area contributed by atoms with Crippen LogP contribution < -0.4 is 0 Å². The molecule has 1 aromatic heterocycles. The molecule has 60 valence electrons. The minimum Gasteiger partial charge on any atom is -0.466 e. The van der Waals surface area contributed by atoms with Crippen molar-refractivity contribution in [2.24, 2.45) is 0 Å². The van der Waals surface area contributed by atoms with Crippen LogP contribution in [0.15, 0.2) is 10.5 Å². The number of carbonyl (C=O) groups is 1. The number of rotatable bonds is 2. The van der Waals surface area contributed by atoms with Crippen molar-refractivity contribution in [2.75, 3.05) is 5.33 Å². The van der Waals surface area contributed by atoms with E-state index in [0.29, 0.717) is 16.7 Å². The third kappa shape index (κ3) is 1.71. The molecule has 0 radical (unpaired) electrons. The van der Waals surface area contributed by atoms with Gasteiger partial charge in [0.15, 0.2) is 5.78 Å². The van der Waals surface area contributed by atoms with Gasteiger partial charge in [0.1, 0.15) is 11.5 Å². The molecule has 1 aromatic rings. The summed E-state index contributed by atoms with van der Waals surface area (Å²) in [6, 6.07) is 1.76. The second-order valence-corrected chi connectivity index (χ2v) is 2.94. The zero-order valence-electron chi connectivity index (χ0n) is 6.48. The lowest BCUT2D eigenvalue weighted by atomic mass is 10.2. The van der Waals surface area contributed by atoms with Gasteiger partial charge < -0.3 is 4.42 Å². The number of hydrogen-bond acceptors (Lipinski definition) is 2. The van der Waals surface area contributed by atoms with E-state index in [9.17, 15) is 4.79 Å². The van der Waals surface area contributed by atoms with Crippen LogP contribution in [0.25, 0.3) is 0 Å². The average Bonchev–Trinajstić information content (AvgIpc) is 2.28. The van der Waals surface area contributed by atoms with Crippen molar-refractivity contribution in [3.05, 3.63) is 23.2 Å². The number of Topliss-reactive ketones (excluding diaryl/α,β-unsaturated/α-hetero) is 1. The molecule has 0 bridgehead atoms. The Morgan fingerprint density at radius 2 is 2.27 bits per heavy atom. The molecule has 0 aliphatic rings. The maximum Gasteiger partial charge on any atom is 0.176 e. The highest BCUT2D eigenvalue weighted by molar-refractivity contribution is 9.09. The van der Waals surface area contributed by atoms with E-state index in [1.165, 1.54) is 0 Å². The summed E-state index contributed by atoms with van der Waals surface area (Å²) in [5.74, 6) is 1.55. The number of halogens is 1. The van der Waals surface area contributed by atoms with Gasteiger partial charge in [-0.15, -0.1) is 0 Å². The molecule has 0 fully saturated rings. The van der Waals surface area contributed by atoms with Crippen LogP contribution in [0, 0.1) is 13.8 Å². The van der Waals surface area contributed by atoms with Gasteiger partial charge in [-0.3, -0.25) is 4.79 Å². The highest BCUT2D eigenvalue weighted by atomic mass is 79.9. The van der Waals surface area contributed by atoms with E-state index in [0.717, 1.165) is 5.76 Å². The normalized spacial score (nSPS) is 10.1. The Hall–Kier alpha value is -0.570. The fourth-order valence-electron chi connectivity index (χ4n) is 0.980. The third-order valence-corrected chi connectivity index (χ3v) is 1.97. The van der Waals surface area contributed by atoms with E-state index in [4.69, 9.17) is 4.42 Å². The van der Waals surface area contributed by atoms with E-state index in [1.807, 2.05) is 6.92 Å². The van der Waals surface area contributed by atoms with Crippen molar-refractivity contribution in [3.63, 3.8) is 0 Å². The Morgan fingerprint density at radius 1 is 1.64 bits per heavy atom. The Bertz CT molecular complexity index is 276. The fourth-order valence-corrected chi connectivity index (χ4v) is 1.28. The summed E-state index contributed by atoms with van der Waals surface area (Å²) in [5.41, 5.74) is 0.680. The first-order valence-corrected chi connectivity index (χ1v) is 4.43. The van der Waals surface area contributed by atoms with Crippen molar-refractivity contribution in [3.8, 4) is 0 Å². The Morgan fingerprint density at radius 3 is 2.64 bits per heavy atom. The van der Waals surface area contributed by atoms with Gasteiger partial charge in [-0.05, 0) is 19.9 Å².